The number of aliphatic imine (C=N–C) groups is 1. The van der Waals surface area contributed by atoms with E-state index in [1.807, 2.05) is 0 Å². The second-order valence-corrected chi connectivity index (χ2v) is 5.07. The first-order chi connectivity index (χ1) is 12.5. The van der Waals surface area contributed by atoms with Crippen molar-refractivity contribution in [3.63, 3.8) is 0 Å². The molecule has 1 aromatic carbocycles. The molecule has 2 rings (SSSR count). The van der Waals surface area contributed by atoms with E-state index in [2.05, 4.69) is 15.3 Å². The molecule has 9 heteroatoms. The van der Waals surface area contributed by atoms with Gasteiger partial charge in [0.2, 0.25) is 5.88 Å². The van der Waals surface area contributed by atoms with Gasteiger partial charge >= 0.3 is 0 Å². The van der Waals surface area contributed by atoms with E-state index in [9.17, 15) is 8.78 Å². The van der Waals surface area contributed by atoms with Gasteiger partial charge in [0.25, 0.3) is 6.43 Å². The van der Waals surface area contributed by atoms with E-state index in [1.54, 1.807) is 37.4 Å². The number of nitrogens with one attached hydrogen (secondary N) is 1. The predicted molar refractivity (Wildman–Crippen MR) is 94.2 cm³/mol. The number of halogens is 2. The molecule has 0 radical (unpaired) electrons. The number of hydrogen-bond acceptors (Lipinski definition) is 5. The van der Waals surface area contributed by atoms with Crippen molar-refractivity contribution in [3.8, 4) is 17.4 Å². The maximum absolute atomic E-state index is 12.2. The first-order valence-corrected chi connectivity index (χ1v) is 7.67. The Balaban J connectivity index is 1.99. The van der Waals surface area contributed by atoms with Crippen molar-refractivity contribution < 1.29 is 23.0 Å². The number of anilines is 1. The lowest BCUT2D eigenvalue weighted by atomic mass is 10.3. The third-order valence-electron chi connectivity index (χ3n) is 3.21. The van der Waals surface area contributed by atoms with Crippen molar-refractivity contribution in [2.45, 2.75) is 13.0 Å². The maximum Gasteiger partial charge on any atom is 0.272 e. The SMILES string of the molecule is COc1ccc(NC(N)=NCc2cccc(OCC(F)F)n2)cc1OC. The van der Waals surface area contributed by atoms with Crippen LogP contribution in [0.3, 0.4) is 0 Å². The Labute approximate surface area is 149 Å². The molecule has 0 fully saturated rings. The highest BCUT2D eigenvalue weighted by atomic mass is 19.3. The van der Waals surface area contributed by atoms with Crippen molar-refractivity contribution in [3.05, 3.63) is 42.1 Å². The largest absolute Gasteiger partial charge is 0.493 e. The lowest BCUT2D eigenvalue weighted by Crippen LogP contribution is -2.22. The Kier molecular flexibility index (Phi) is 6.95. The molecule has 1 aromatic heterocycles. The molecule has 0 atom stereocenters. The molecular weight excluding hydrogens is 346 g/mol. The molecule has 0 spiro atoms. The summed E-state index contributed by atoms with van der Waals surface area (Å²) in [7, 11) is 3.08. The van der Waals surface area contributed by atoms with E-state index in [4.69, 9.17) is 19.9 Å². The van der Waals surface area contributed by atoms with Crippen LogP contribution in [-0.4, -0.2) is 38.2 Å². The first-order valence-electron chi connectivity index (χ1n) is 7.67. The average Bonchev–Trinajstić information content (AvgIpc) is 2.65. The first kappa shape index (κ1) is 19.2. The summed E-state index contributed by atoms with van der Waals surface area (Å²) >= 11 is 0. The van der Waals surface area contributed by atoms with E-state index in [0.29, 0.717) is 22.9 Å². The van der Waals surface area contributed by atoms with Crippen molar-refractivity contribution in [2.75, 3.05) is 26.1 Å². The molecular formula is C17H20F2N4O3. The summed E-state index contributed by atoms with van der Waals surface area (Å²) in [5.41, 5.74) is 7.07. The van der Waals surface area contributed by atoms with Crippen molar-refractivity contribution in [2.24, 2.45) is 10.7 Å². The van der Waals surface area contributed by atoms with Crippen molar-refractivity contribution >= 4 is 11.6 Å². The number of guanidine groups is 1. The molecule has 3 N–H and O–H groups in total. The monoisotopic (exact) mass is 366 g/mol. The summed E-state index contributed by atoms with van der Waals surface area (Å²) in [6.45, 7) is -0.541. The van der Waals surface area contributed by atoms with Gasteiger partial charge in [-0.3, -0.25) is 0 Å². The fourth-order valence-electron chi connectivity index (χ4n) is 2.04. The molecule has 0 aliphatic carbocycles. The van der Waals surface area contributed by atoms with Gasteiger partial charge in [0.15, 0.2) is 24.1 Å². The third-order valence-corrected chi connectivity index (χ3v) is 3.21. The van der Waals surface area contributed by atoms with Crippen LogP contribution in [0.1, 0.15) is 5.69 Å². The summed E-state index contributed by atoms with van der Waals surface area (Å²) in [5, 5.41) is 2.93. The zero-order chi connectivity index (χ0) is 18.9. The number of pyridine rings is 1. The van der Waals surface area contributed by atoms with Gasteiger partial charge in [-0.05, 0) is 18.2 Å². The van der Waals surface area contributed by atoms with Gasteiger partial charge in [0.05, 0.1) is 26.5 Å². The van der Waals surface area contributed by atoms with Crippen LogP contribution in [0.4, 0.5) is 14.5 Å². The van der Waals surface area contributed by atoms with Crippen molar-refractivity contribution in [1.82, 2.24) is 4.98 Å². The lowest BCUT2D eigenvalue weighted by Gasteiger charge is -2.11. The molecule has 0 unspecified atom stereocenters. The minimum absolute atomic E-state index is 0.115. The maximum atomic E-state index is 12.2. The van der Waals surface area contributed by atoms with Crippen LogP contribution >= 0.6 is 0 Å². The zero-order valence-corrected chi connectivity index (χ0v) is 14.4. The highest BCUT2D eigenvalue weighted by Crippen LogP contribution is 2.29. The second kappa shape index (κ2) is 9.40. The molecule has 140 valence electrons. The number of nitrogens with zero attached hydrogens (tertiary/aromatic N) is 2. The fraction of sp³-hybridized carbons (Fsp3) is 0.294. The summed E-state index contributed by atoms with van der Waals surface area (Å²) in [5.74, 6) is 1.43. The topological polar surface area (TPSA) is 91.0 Å². The number of methoxy groups -OCH3 is 2. The lowest BCUT2D eigenvalue weighted by molar-refractivity contribution is 0.0795. The third kappa shape index (κ3) is 5.76. The number of ether oxygens (including phenoxy) is 3. The second-order valence-electron chi connectivity index (χ2n) is 5.07. The Bertz CT molecular complexity index is 757. The molecule has 0 saturated carbocycles. The van der Waals surface area contributed by atoms with E-state index in [1.165, 1.54) is 13.2 Å². The van der Waals surface area contributed by atoms with E-state index in [0.717, 1.165) is 0 Å². The van der Waals surface area contributed by atoms with Gasteiger partial charge in [-0.25, -0.2) is 18.8 Å². The highest BCUT2D eigenvalue weighted by Gasteiger charge is 2.06. The van der Waals surface area contributed by atoms with Crippen LogP contribution in [0.25, 0.3) is 0 Å². The molecule has 0 aliphatic rings. The van der Waals surface area contributed by atoms with E-state index in [-0.39, 0.29) is 18.4 Å². The van der Waals surface area contributed by atoms with Crippen LogP contribution in [-0.2, 0) is 6.54 Å². The van der Waals surface area contributed by atoms with Crippen LogP contribution in [0.5, 0.6) is 17.4 Å². The van der Waals surface area contributed by atoms with Gasteiger partial charge in [-0.15, -0.1) is 0 Å². The Morgan fingerprint density at radius 2 is 1.96 bits per heavy atom. The molecule has 0 bridgehead atoms. The normalized spacial score (nSPS) is 11.3. The van der Waals surface area contributed by atoms with Crippen LogP contribution in [0.15, 0.2) is 41.4 Å². The van der Waals surface area contributed by atoms with Gasteiger partial charge in [-0.1, -0.05) is 6.07 Å². The number of rotatable bonds is 8. The van der Waals surface area contributed by atoms with Gasteiger partial charge < -0.3 is 25.3 Å². The Morgan fingerprint density at radius 1 is 1.19 bits per heavy atom. The molecule has 2 aromatic rings. The Hall–Kier alpha value is -3.10. The number of hydrogen-bond donors (Lipinski definition) is 2. The van der Waals surface area contributed by atoms with E-state index < -0.39 is 13.0 Å². The number of aromatic nitrogens is 1. The minimum Gasteiger partial charge on any atom is -0.493 e. The molecule has 0 saturated heterocycles. The molecule has 7 nitrogen and oxygen atoms in total. The predicted octanol–water partition coefficient (Wildman–Crippen LogP) is 2.67. The molecule has 0 amide bonds. The molecule has 0 aliphatic heterocycles. The standard InChI is InChI=1S/C17H20F2N4O3/c1-24-13-7-6-11(8-14(13)25-2)23-17(20)21-9-12-4-3-5-16(22-12)26-10-15(18)19/h3-8,15H,9-10H2,1-2H3,(H3,20,21,23). The smallest absolute Gasteiger partial charge is 0.272 e. The zero-order valence-electron chi connectivity index (χ0n) is 14.4. The summed E-state index contributed by atoms with van der Waals surface area (Å²) in [6.07, 6.45) is -2.56. The minimum atomic E-state index is -2.56. The number of nitrogens with two attached hydrogens (primary N) is 1. The average molecular weight is 366 g/mol. The molecule has 1 heterocycles. The Morgan fingerprint density at radius 3 is 2.65 bits per heavy atom. The quantitative estimate of drug-likeness (QED) is 0.551. The molecule has 26 heavy (non-hydrogen) atoms. The fourth-order valence-corrected chi connectivity index (χ4v) is 2.04. The van der Waals surface area contributed by atoms with Crippen LogP contribution in [0.2, 0.25) is 0 Å². The van der Waals surface area contributed by atoms with Gasteiger partial charge in [0.1, 0.15) is 0 Å². The van der Waals surface area contributed by atoms with Gasteiger partial charge in [-0.2, -0.15) is 0 Å². The summed E-state index contributed by atoms with van der Waals surface area (Å²) in [6, 6.07) is 10.1. The number of alkyl halides is 2. The van der Waals surface area contributed by atoms with E-state index >= 15 is 0 Å². The summed E-state index contributed by atoms with van der Waals surface area (Å²) in [4.78, 5) is 8.26. The highest BCUT2D eigenvalue weighted by molar-refractivity contribution is 5.92. The van der Waals surface area contributed by atoms with Crippen LogP contribution < -0.4 is 25.3 Å². The van der Waals surface area contributed by atoms with Gasteiger partial charge in [0, 0.05) is 17.8 Å². The summed E-state index contributed by atoms with van der Waals surface area (Å²) < 4.78 is 39.6. The number of benzene rings is 1. The van der Waals surface area contributed by atoms with Crippen molar-refractivity contribution in [1.29, 1.82) is 0 Å². The van der Waals surface area contributed by atoms with Crippen LogP contribution in [0, 0.1) is 0 Å².